The highest BCUT2D eigenvalue weighted by Gasteiger charge is 2.28. The molecule has 0 fully saturated rings. The zero-order chi connectivity index (χ0) is 20.1. The highest BCUT2D eigenvalue weighted by Crippen LogP contribution is 2.24. The highest BCUT2D eigenvalue weighted by atomic mass is 32.2. The molecule has 28 heavy (non-hydrogen) atoms. The van der Waals surface area contributed by atoms with Crippen LogP contribution >= 0.6 is 0 Å². The molecule has 1 aromatic carbocycles. The van der Waals surface area contributed by atoms with Gasteiger partial charge in [-0.3, -0.25) is 9.78 Å². The van der Waals surface area contributed by atoms with Crippen LogP contribution in [0, 0.1) is 6.92 Å². The van der Waals surface area contributed by atoms with Gasteiger partial charge in [-0.1, -0.05) is 36.7 Å². The van der Waals surface area contributed by atoms with E-state index >= 15 is 0 Å². The third-order valence-corrected chi connectivity index (χ3v) is 6.07. The zero-order valence-corrected chi connectivity index (χ0v) is 16.6. The second kappa shape index (κ2) is 8.49. The summed E-state index contributed by atoms with van der Waals surface area (Å²) in [4.78, 5) is 16.7. The molecule has 148 valence electrons. The molecule has 0 aliphatic carbocycles. The van der Waals surface area contributed by atoms with Crippen LogP contribution in [-0.2, 0) is 14.8 Å². The van der Waals surface area contributed by atoms with Crippen molar-refractivity contribution in [1.82, 2.24) is 14.4 Å². The lowest BCUT2D eigenvalue weighted by Crippen LogP contribution is -2.38. The van der Waals surface area contributed by atoms with Crippen LogP contribution in [0.5, 0.6) is 0 Å². The van der Waals surface area contributed by atoms with Crippen molar-refractivity contribution in [2.45, 2.75) is 31.6 Å². The number of fused-ring (bicyclic) bond motifs is 1. The van der Waals surface area contributed by atoms with Gasteiger partial charge in [-0.15, -0.1) is 0 Å². The van der Waals surface area contributed by atoms with E-state index in [1.807, 2.05) is 6.92 Å². The topological polar surface area (TPSA) is 105 Å². The van der Waals surface area contributed by atoms with Gasteiger partial charge in [-0.25, -0.2) is 8.42 Å². The predicted molar refractivity (Wildman–Crippen MR) is 105 cm³/mol. The third kappa shape index (κ3) is 4.37. The SMILES string of the molecule is CCCCN(CC(=O)Nc1cc(C)on1)S(=O)(=O)c1cccc2cccnc12. The van der Waals surface area contributed by atoms with Gasteiger partial charge in [-0.05, 0) is 25.5 Å². The Bertz CT molecular complexity index is 1070. The minimum atomic E-state index is -3.92. The number of rotatable bonds is 8. The van der Waals surface area contributed by atoms with E-state index in [0.29, 0.717) is 17.7 Å². The molecule has 0 radical (unpaired) electrons. The fraction of sp³-hybridized carbons (Fsp3) is 0.316. The second-order valence-corrected chi connectivity index (χ2v) is 8.30. The number of benzene rings is 1. The van der Waals surface area contributed by atoms with Crippen molar-refractivity contribution in [2.75, 3.05) is 18.4 Å². The number of carbonyl (C=O) groups is 1. The summed E-state index contributed by atoms with van der Waals surface area (Å²) in [6.07, 6.45) is 2.98. The number of unbranched alkanes of at least 4 members (excludes halogenated alkanes) is 1. The molecule has 0 unspecified atom stereocenters. The molecule has 0 aliphatic rings. The molecule has 1 N–H and O–H groups in total. The molecule has 2 heterocycles. The first-order valence-corrected chi connectivity index (χ1v) is 10.4. The lowest BCUT2D eigenvalue weighted by atomic mass is 10.2. The van der Waals surface area contributed by atoms with Crippen molar-refractivity contribution in [2.24, 2.45) is 0 Å². The first-order chi connectivity index (χ1) is 13.4. The van der Waals surface area contributed by atoms with Gasteiger partial charge < -0.3 is 9.84 Å². The molecule has 8 nitrogen and oxygen atoms in total. The predicted octanol–water partition coefficient (Wildman–Crippen LogP) is 2.96. The molecule has 0 saturated heterocycles. The molecule has 0 aliphatic heterocycles. The first-order valence-electron chi connectivity index (χ1n) is 8.99. The smallest absolute Gasteiger partial charge is 0.245 e. The Morgan fingerprint density at radius 3 is 2.75 bits per heavy atom. The molecule has 0 bridgehead atoms. The van der Waals surface area contributed by atoms with Crippen LogP contribution < -0.4 is 5.32 Å². The zero-order valence-electron chi connectivity index (χ0n) is 15.8. The molecule has 1 amide bonds. The lowest BCUT2D eigenvalue weighted by molar-refractivity contribution is -0.116. The fourth-order valence-corrected chi connectivity index (χ4v) is 4.41. The average molecular weight is 402 g/mol. The average Bonchev–Trinajstić information content (AvgIpc) is 3.09. The number of aryl methyl sites for hydroxylation is 1. The van der Waals surface area contributed by atoms with Crippen molar-refractivity contribution >= 4 is 32.7 Å². The summed E-state index contributed by atoms with van der Waals surface area (Å²) < 4.78 is 32.7. The number of hydrogen-bond donors (Lipinski definition) is 1. The van der Waals surface area contributed by atoms with Crippen LogP contribution in [0.15, 0.2) is 52.0 Å². The van der Waals surface area contributed by atoms with Crippen molar-refractivity contribution in [3.63, 3.8) is 0 Å². The van der Waals surface area contributed by atoms with Gasteiger partial charge >= 0.3 is 0 Å². The Labute approximate surface area is 163 Å². The summed E-state index contributed by atoms with van der Waals surface area (Å²) >= 11 is 0. The Morgan fingerprint density at radius 2 is 2.04 bits per heavy atom. The van der Waals surface area contributed by atoms with Gasteiger partial charge in [0, 0.05) is 24.2 Å². The number of sulfonamides is 1. The van der Waals surface area contributed by atoms with Crippen LogP contribution in [0.1, 0.15) is 25.5 Å². The molecule has 2 aromatic heterocycles. The van der Waals surface area contributed by atoms with E-state index in [4.69, 9.17) is 4.52 Å². The van der Waals surface area contributed by atoms with E-state index in [2.05, 4.69) is 15.5 Å². The minimum absolute atomic E-state index is 0.0896. The van der Waals surface area contributed by atoms with E-state index in [1.165, 1.54) is 10.4 Å². The summed E-state index contributed by atoms with van der Waals surface area (Å²) in [5.74, 6) is 0.316. The number of nitrogens with one attached hydrogen (secondary N) is 1. The largest absolute Gasteiger partial charge is 0.360 e. The van der Waals surface area contributed by atoms with E-state index in [1.54, 1.807) is 43.5 Å². The summed E-state index contributed by atoms with van der Waals surface area (Å²) in [6, 6.07) is 10.1. The van der Waals surface area contributed by atoms with Gasteiger partial charge in [0.25, 0.3) is 0 Å². The maximum atomic E-state index is 13.3. The molecule has 3 aromatic rings. The monoisotopic (exact) mass is 402 g/mol. The highest BCUT2D eigenvalue weighted by molar-refractivity contribution is 7.89. The molecule has 0 saturated carbocycles. The number of nitrogens with zero attached hydrogens (tertiary/aromatic N) is 3. The lowest BCUT2D eigenvalue weighted by Gasteiger charge is -2.22. The maximum absolute atomic E-state index is 13.3. The normalized spacial score (nSPS) is 11.8. The number of para-hydroxylation sites is 1. The molecular weight excluding hydrogens is 380 g/mol. The number of carbonyl (C=O) groups excluding carboxylic acids is 1. The van der Waals surface area contributed by atoms with E-state index < -0.39 is 15.9 Å². The maximum Gasteiger partial charge on any atom is 0.245 e. The summed E-state index contributed by atoms with van der Waals surface area (Å²) in [6.45, 7) is 3.57. The van der Waals surface area contributed by atoms with Crippen LogP contribution in [0.4, 0.5) is 5.82 Å². The molecule has 0 spiro atoms. The Kier molecular flexibility index (Phi) is 6.05. The summed E-state index contributed by atoms with van der Waals surface area (Å²) in [5.41, 5.74) is 0.388. The Balaban J connectivity index is 1.89. The number of pyridine rings is 1. The Morgan fingerprint density at radius 1 is 1.25 bits per heavy atom. The van der Waals surface area contributed by atoms with E-state index in [0.717, 1.165) is 11.8 Å². The molecule has 9 heteroatoms. The van der Waals surface area contributed by atoms with Gasteiger partial charge in [0.2, 0.25) is 15.9 Å². The molecular formula is C19H22N4O4S. The fourth-order valence-electron chi connectivity index (χ4n) is 2.81. The van der Waals surface area contributed by atoms with Gasteiger partial charge in [0.05, 0.1) is 12.1 Å². The minimum Gasteiger partial charge on any atom is -0.360 e. The number of amides is 1. The van der Waals surface area contributed by atoms with Gasteiger partial charge in [-0.2, -0.15) is 4.31 Å². The summed E-state index contributed by atoms with van der Waals surface area (Å²) in [5, 5.41) is 6.99. The molecule has 0 atom stereocenters. The summed E-state index contributed by atoms with van der Waals surface area (Å²) in [7, 11) is -3.92. The van der Waals surface area contributed by atoms with Crippen molar-refractivity contribution in [3.05, 3.63) is 48.4 Å². The van der Waals surface area contributed by atoms with Crippen LogP contribution in [0.2, 0.25) is 0 Å². The second-order valence-electron chi connectivity index (χ2n) is 6.39. The Hall–Kier alpha value is -2.78. The number of hydrogen-bond acceptors (Lipinski definition) is 6. The van der Waals surface area contributed by atoms with Crippen LogP contribution in [0.25, 0.3) is 10.9 Å². The van der Waals surface area contributed by atoms with Crippen molar-refractivity contribution < 1.29 is 17.7 Å². The number of aromatic nitrogens is 2. The van der Waals surface area contributed by atoms with Crippen LogP contribution in [0.3, 0.4) is 0 Å². The van der Waals surface area contributed by atoms with Crippen LogP contribution in [-0.4, -0.2) is 41.9 Å². The standard InChI is InChI=1S/C19H22N4O4S/c1-3-4-11-23(13-18(24)21-17-12-14(2)27-22-17)28(25,26)16-9-5-7-15-8-6-10-20-19(15)16/h5-10,12H,3-4,11,13H2,1-2H3,(H,21,22,24). The quantitative estimate of drug-likeness (QED) is 0.621. The van der Waals surface area contributed by atoms with E-state index in [9.17, 15) is 13.2 Å². The van der Waals surface area contributed by atoms with Gasteiger partial charge in [0.1, 0.15) is 10.7 Å². The van der Waals surface area contributed by atoms with Gasteiger partial charge in [0.15, 0.2) is 5.82 Å². The van der Waals surface area contributed by atoms with Crippen molar-refractivity contribution in [1.29, 1.82) is 0 Å². The van der Waals surface area contributed by atoms with Crippen molar-refractivity contribution in [3.8, 4) is 0 Å². The third-order valence-electron chi connectivity index (χ3n) is 4.19. The molecule has 3 rings (SSSR count). The van der Waals surface area contributed by atoms with E-state index in [-0.39, 0.29) is 23.8 Å². The first kappa shape index (κ1) is 20.0. The number of anilines is 1.